The number of rotatable bonds is 3. The molecule has 2 rings (SSSR count). The van der Waals surface area contributed by atoms with Crippen LogP contribution in [0.1, 0.15) is 42.0 Å². The van der Waals surface area contributed by atoms with Gasteiger partial charge in [-0.2, -0.15) is 0 Å². The molecule has 14 heavy (non-hydrogen) atoms. The summed E-state index contributed by atoms with van der Waals surface area (Å²) < 4.78 is 0. The molecule has 3 nitrogen and oxygen atoms in total. The molecule has 1 atom stereocenters. The Morgan fingerprint density at radius 2 is 2.29 bits per heavy atom. The number of hydrogen-bond donors (Lipinski definition) is 1. The molecule has 74 valence electrons. The lowest BCUT2D eigenvalue weighted by atomic mass is 10.1. The van der Waals surface area contributed by atoms with Crippen molar-refractivity contribution in [2.45, 2.75) is 25.8 Å². The normalized spacial score (nSPS) is 17.9. The van der Waals surface area contributed by atoms with Gasteiger partial charge in [-0.1, -0.05) is 6.07 Å². The lowest BCUT2D eigenvalue weighted by molar-refractivity contribution is 0.101. The van der Waals surface area contributed by atoms with Gasteiger partial charge in [-0.15, -0.1) is 0 Å². The van der Waals surface area contributed by atoms with Crippen molar-refractivity contribution >= 4 is 5.78 Å². The third-order valence-corrected chi connectivity index (χ3v) is 2.60. The standard InChI is InChI=1S/C11H14N2O/c1-7(14)9-3-2-4-10(13-9)11(12)8-5-6-8/h2-4,8,11H,5-6,12H2,1H3/t11-/m1/s1. The molecule has 0 saturated heterocycles. The summed E-state index contributed by atoms with van der Waals surface area (Å²) >= 11 is 0. The van der Waals surface area contributed by atoms with Crippen molar-refractivity contribution in [3.05, 3.63) is 29.6 Å². The van der Waals surface area contributed by atoms with Gasteiger partial charge in [-0.05, 0) is 30.9 Å². The molecule has 1 aliphatic rings. The SMILES string of the molecule is CC(=O)c1cccc([C@H](N)C2CC2)n1. The van der Waals surface area contributed by atoms with Crippen LogP contribution in [0.4, 0.5) is 0 Å². The summed E-state index contributed by atoms with van der Waals surface area (Å²) in [6.45, 7) is 1.52. The molecular formula is C11H14N2O. The zero-order valence-corrected chi connectivity index (χ0v) is 8.23. The summed E-state index contributed by atoms with van der Waals surface area (Å²) in [6, 6.07) is 5.48. The number of pyridine rings is 1. The fourth-order valence-electron chi connectivity index (χ4n) is 1.53. The van der Waals surface area contributed by atoms with E-state index < -0.39 is 0 Å². The number of carbonyl (C=O) groups excluding carboxylic acids is 1. The maximum atomic E-state index is 11.1. The molecule has 0 spiro atoms. The first-order valence-electron chi connectivity index (χ1n) is 4.92. The number of ketones is 1. The van der Waals surface area contributed by atoms with Gasteiger partial charge in [0, 0.05) is 13.0 Å². The number of Topliss-reactive ketones (excluding diaryl/α,β-unsaturated/α-hetero) is 1. The van der Waals surface area contributed by atoms with E-state index in [4.69, 9.17) is 5.73 Å². The second-order valence-electron chi connectivity index (χ2n) is 3.87. The Kier molecular flexibility index (Phi) is 2.33. The summed E-state index contributed by atoms with van der Waals surface area (Å²) in [6.07, 6.45) is 2.38. The quantitative estimate of drug-likeness (QED) is 0.738. The van der Waals surface area contributed by atoms with Crippen LogP contribution < -0.4 is 5.73 Å². The third-order valence-electron chi connectivity index (χ3n) is 2.60. The highest BCUT2D eigenvalue weighted by molar-refractivity contribution is 5.92. The summed E-state index contributed by atoms with van der Waals surface area (Å²) in [4.78, 5) is 15.4. The van der Waals surface area contributed by atoms with E-state index in [-0.39, 0.29) is 11.8 Å². The lowest BCUT2D eigenvalue weighted by Gasteiger charge is -2.09. The maximum Gasteiger partial charge on any atom is 0.178 e. The number of aromatic nitrogens is 1. The molecule has 2 N–H and O–H groups in total. The van der Waals surface area contributed by atoms with E-state index in [1.54, 1.807) is 6.07 Å². The van der Waals surface area contributed by atoms with Gasteiger partial charge in [0.1, 0.15) is 5.69 Å². The zero-order valence-electron chi connectivity index (χ0n) is 8.23. The fraction of sp³-hybridized carbons (Fsp3) is 0.455. The fourth-order valence-corrected chi connectivity index (χ4v) is 1.53. The van der Waals surface area contributed by atoms with Crippen molar-refractivity contribution < 1.29 is 4.79 Å². The zero-order chi connectivity index (χ0) is 10.1. The third kappa shape index (κ3) is 1.82. The van der Waals surface area contributed by atoms with Crippen molar-refractivity contribution in [3.63, 3.8) is 0 Å². The Morgan fingerprint density at radius 3 is 2.86 bits per heavy atom. The summed E-state index contributed by atoms with van der Waals surface area (Å²) in [5.41, 5.74) is 7.36. The van der Waals surface area contributed by atoms with Crippen molar-refractivity contribution in [1.82, 2.24) is 4.98 Å². The summed E-state index contributed by atoms with van der Waals surface area (Å²) in [5, 5.41) is 0. The highest BCUT2D eigenvalue weighted by atomic mass is 16.1. The van der Waals surface area contributed by atoms with Crippen molar-refractivity contribution in [2.24, 2.45) is 11.7 Å². The molecule has 1 aliphatic carbocycles. The molecule has 0 amide bonds. The van der Waals surface area contributed by atoms with Crippen molar-refractivity contribution in [3.8, 4) is 0 Å². The van der Waals surface area contributed by atoms with Crippen molar-refractivity contribution in [1.29, 1.82) is 0 Å². The van der Waals surface area contributed by atoms with Crippen LogP contribution in [-0.2, 0) is 0 Å². The van der Waals surface area contributed by atoms with Gasteiger partial charge in [-0.3, -0.25) is 4.79 Å². The molecule has 1 aromatic heterocycles. The predicted octanol–water partition coefficient (Wildman–Crippen LogP) is 1.69. The van der Waals surface area contributed by atoms with E-state index in [0.29, 0.717) is 11.6 Å². The first-order chi connectivity index (χ1) is 6.68. The van der Waals surface area contributed by atoms with Gasteiger partial charge in [0.15, 0.2) is 5.78 Å². The molecule has 0 bridgehead atoms. The van der Waals surface area contributed by atoms with E-state index in [9.17, 15) is 4.79 Å². The Morgan fingerprint density at radius 1 is 1.57 bits per heavy atom. The van der Waals surface area contributed by atoms with Gasteiger partial charge in [0.2, 0.25) is 0 Å². The van der Waals surface area contributed by atoms with Crippen LogP contribution in [0.25, 0.3) is 0 Å². The van der Waals surface area contributed by atoms with E-state index in [2.05, 4.69) is 4.98 Å². The minimum atomic E-state index is -0.00477. The van der Waals surface area contributed by atoms with Gasteiger partial charge in [-0.25, -0.2) is 4.98 Å². The average molecular weight is 190 g/mol. The average Bonchev–Trinajstić information content (AvgIpc) is 3.00. The Balaban J connectivity index is 2.24. The van der Waals surface area contributed by atoms with Crippen LogP contribution in [0.15, 0.2) is 18.2 Å². The number of hydrogen-bond acceptors (Lipinski definition) is 3. The minimum absolute atomic E-state index is 0.00477. The van der Waals surface area contributed by atoms with E-state index in [1.807, 2.05) is 12.1 Å². The van der Waals surface area contributed by atoms with Gasteiger partial charge < -0.3 is 5.73 Å². The first kappa shape index (κ1) is 9.34. The molecular weight excluding hydrogens is 176 g/mol. The lowest BCUT2D eigenvalue weighted by Crippen LogP contribution is -2.15. The van der Waals surface area contributed by atoms with Crippen LogP contribution in [0.5, 0.6) is 0 Å². The van der Waals surface area contributed by atoms with Gasteiger partial charge in [0.25, 0.3) is 0 Å². The molecule has 0 radical (unpaired) electrons. The molecule has 3 heteroatoms. The molecule has 0 unspecified atom stereocenters. The van der Waals surface area contributed by atoms with Crippen molar-refractivity contribution in [2.75, 3.05) is 0 Å². The molecule has 0 aliphatic heterocycles. The number of carbonyl (C=O) groups is 1. The molecule has 1 saturated carbocycles. The minimum Gasteiger partial charge on any atom is -0.322 e. The van der Waals surface area contributed by atoms with E-state index >= 15 is 0 Å². The van der Waals surface area contributed by atoms with Crippen LogP contribution >= 0.6 is 0 Å². The van der Waals surface area contributed by atoms with E-state index in [0.717, 1.165) is 5.69 Å². The number of nitrogens with two attached hydrogens (primary N) is 1. The molecule has 1 heterocycles. The van der Waals surface area contributed by atoms with Crippen LogP contribution in [0.2, 0.25) is 0 Å². The Labute approximate surface area is 83.3 Å². The summed E-state index contributed by atoms with van der Waals surface area (Å²) in [5.74, 6) is 0.569. The second kappa shape index (κ2) is 3.50. The van der Waals surface area contributed by atoms with Crippen LogP contribution in [0.3, 0.4) is 0 Å². The highest BCUT2D eigenvalue weighted by Gasteiger charge is 2.30. The van der Waals surface area contributed by atoms with E-state index in [1.165, 1.54) is 19.8 Å². The Bertz CT molecular complexity index is 358. The van der Waals surface area contributed by atoms with Crippen LogP contribution in [-0.4, -0.2) is 10.8 Å². The highest BCUT2D eigenvalue weighted by Crippen LogP contribution is 2.38. The Hall–Kier alpha value is -1.22. The van der Waals surface area contributed by atoms with Gasteiger partial charge >= 0.3 is 0 Å². The largest absolute Gasteiger partial charge is 0.322 e. The monoisotopic (exact) mass is 190 g/mol. The maximum absolute atomic E-state index is 11.1. The van der Waals surface area contributed by atoms with Crippen LogP contribution in [0, 0.1) is 5.92 Å². The number of nitrogens with zero attached hydrogens (tertiary/aromatic N) is 1. The molecule has 1 fully saturated rings. The molecule has 1 aromatic rings. The second-order valence-corrected chi connectivity index (χ2v) is 3.87. The summed E-state index contributed by atoms with van der Waals surface area (Å²) in [7, 11) is 0. The smallest absolute Gasteiger partial charge is 0.178 e. The molecule has 0 aromatic carbocycles. The van der Waals surface area contributed by atoms with Gasteiger partial charge in [0.05, 0.1) is 5.69 Å². The topological polar surface area (TPSA) is 56.0 Å². The first-order valence-corrected chi connectivity index (χ1v) is 4.92. The predicted molar refractivity (Wildman–Crippen MR) is 53.9 cm³/mol.